The van der Waals surface area contributed by atoms with Gasteiger partial charge in [0.25, 0.3) is 15.9 Å². The van der Waals surface area contributed by atoms with Gasteiger partial charge in [-0.15, -0.1) is 11.3 Å². The first-order valence-corrected chi connectivity index (χ1v) is 10.3. The topological polar surface area (TPSA) is 84.5 Å². The standard InChI is InChI=1S/C16H16ClFN2O4S2/c1-9-11(15(21)19-10-3-4-13(18)12(17)5-10)6-14(25-9)26(22,23)20-16(2)7-24-8-16/h3-6,20H,7-8H2,1-2H3,(H,19,21). The van der Waals surface area contributed by atoms with E-state index in [1.807, 2.05) is 0 Å². The summed E-state index contributed by atoms with van der Waals surface area (Å²) in [7, 11) is -3.76. The Hall–Kier alpha value is -1.52. The second-order valence-electron chi connectivity index (χ2n) is 6.28. The number of carbonyl (C=O) groups excluding carboxylic acids is 1. The van der Waals surface area contributed by atoms with Crippen LogP contribution in [0.25, 0.3) is 0 Å². The van der Waals surface area contributed by atoms with Crippen molar-refractivity contribution >= 4 is 44.6 Å². The molecule has 0 unspecified atom stereocenters. The van der Waals surface area contributed by atoms with Gasteiger partial charge >= 0.3 is 0 Å². The molecule has 0 spiro atoms. The number of hydrogen-bond donors (Lipinski definition) is 2. The summed E-state index contributed by atoms with van der Waals surface area (Å²) in [5, 5.41) is 2.47. The van der Waals surface area contributed by atoms with Crippen LogP contribution in [0.5, 0.6) is 0 Å². The van der Waals surface area contributed by atoms with Crippen molar-refractivity contribution in [2.75, 3.05) is 18.5 Å². The molecule has 2 N–H and O–H groups in total. The fourth-order valence-electron chi connectivity index (χ4n) is 2.43. The summed E-state index contributed by atoms with van der Waals surface area (Å²) in [5.74, 6) is -1.09. The van der Waals surface area contributed by atoms with E-state index in [1.165, 1.54) is 18.2 Å². The maximum Gasteiger partial charge on any atom is 0.256 e. The summed E-state index contributed by atoms with van der Waals surface area (Å²) < 4.78 is 45.9. The highest BCUT2D eigenvalue weighted by Gasteiger charge is 2.38. The molecular weight excluding hydrogens is 403 g/mol. The van der Waals surface area contributed by atoms with Crippen LogP contribution >= 0.6 is 22.9 Å². The van der Waals surface area contributed by atoms with Gasteiger partial charge < -0.3 is 10.1 Å². The molecule has 1 fully saturated rings. The quantitative estimate of drug-likeness (QED) is 0.781. The summed E-state index contributed by atoms with van der Waals surface area (Å²) in [6, 6.07) is 5.12. The van der Waals surface area contributed by atoms with Crippen molar-refractivity contribution in [3.05, 3.63) is 45.5 Å². The lowest BCUT2D eigenvalue weighted by Gasteiger charge is -2.37. The molecule has 1 amide bonds. The first-order chi connectivity index (χ1) is 12.1. The van der Waals surface area contributed by atoms with Gasteiger partial charge in [0.15, 0.2) is 0 Å². The number of amides is 1. The first-order valence-electron chi connectivity index (χ1n) is 7.58. The second kappa shape index (κ2) is 6.90. The molecule has 1 aromatic carbocycles. The van der Waals surface area contributed by atoms with E-state index in [0.717, 1.165) is 17.4 Å². The molecule has 0 atom stereocenters. The number of aryl methyl sites for hydroxylation is 1. The zero-order valence-corrected chi connectivity index (χ0v) is 16.3. The van der Waals surface area contributed by atoms with E-state index in [1.54, 1.807) is 13.8 Å². The number of hydrogen-bond acceptors (Lipinski definition) is 5. The number of benzene rings is 1. The van der Waals surface area contributed by atoms with Crippen LogP contribution in [0.2, 0.25) is 5.02 Å². The van der Waals surface area contributed by atoms with Crippen LogP contribution in [0, 0.1) is 12.7 Å². The summed E-state index contributed by atoms with van der Waals surface area (Å²) in [6.07, 6.45) is 0. The van der Waals surface area contributed by atoms with Gasteiger partial charge in [-0.25, -0.2) is 12.8 Å². The molecule has 6 nitrogen and oxygen atoms in total. The van der Waals surface area contributed by atoms with Crippen molar-refractivity contribution in [2.24, 2.45) is 0 Å². The van der Waals surface area contributed by atoms with Crippen LogP contribution in [-0.4, -0.2) is 33.1 Å². The SMILES string of the molecule is Cc1sc(S(=O)(=O)NC2(C)COC2)cc1C(=O)Nc1ccc(F)c(Cl)c1. The van der Waals surface area contributed by atoms with Crippen LogP contribution in [-0.2, 0) is 14.8 Å². The lowest BCUT2D eigenvalue weighted by atomic mass is 10.0. The van der Waals surface area contributed by atoms with Crippen LogP contribution in [0.15, 0.2) is 28.5 Å². The fourth-order valence-corrected chi connectivity index (χ4v) is 5.43. The number of ether oxygens (including phenoxy) is 1. The molecule has 3 rings (SSSR count). The summed E-state index contributed by atoms with van der Waals surface area (Å²) >= 11 is 6.70. The Morgan fingerprint density at radius 2 is 2.04 bits per heavy atom. The minimum atomic E-state index is -3.76. The molecule has 0 saturated carbocycles. The molecule has 1 aromatic heterocycles. The zero-order chi connectivity index (χ0) is 19.1. The smallest absolute Gasteiger partial charge is 0.256 e. The fraction of sp³-hybridized carbons (Fsp3) is 0.312. The normalized spacial score (nSPS) is 16.2. The van der Waals surface area contributed by atoms with Crippen LogP contribution < -0.4 is 10.0 Å². The summed E-state index contributed by atoms with van der Waals surface area (Å²) in [4.78, 5) is 13.0. The Labute approximate surface area is 159 Å². The minimum absolute atomic E-state index is 0.0467. The maximum absolute atomic E-state index is 13.2. The van der Waals surface area contributed by atoms with E-state index in [0.29, 0.717) is 23.8 Å². The highest BCUT2D eigenvalue weighted by atomic mass is 35.5. The van der Waals surface area contributed by atoms with E-state index >= 15 is 0 Å². The predicted octanol–water partition coefficient (Wildman–Crippen LogP) is 3.17. The highest BCUT2D eigenvalue weighted by Crippen LogP contribution is 2.29. The molecule has 2 heterocycles. The maximum atomic E-state index is 13.2. The largest absolute Gasteiger partial charge is 0.377 e. The number of rotatable bonds is 5. The molecule has 140 valence electrons. The van der Waals surface area contributed by atoms with Gasteiger partial charge in [-0.1, -0.05) is 11.6 Å². The van der Waals surface area contributed by atoms with E-state index in [9.17, 15) is 17.6 Å². The first kappa shape index (κ1) is 19.2. The van der Waals surface area contributed by atoms with Gasteiger partial charge in [-0.2, -0.15) is 4.72 Å². The molecular formula is C16H16ClFN2O4S2. The number of sulfonamides is 1. The van der Waals surface area contributed by atoms with Gasteiger partial charge in [-0.3, -0.25) is 4.79 Å². The highest BCUT2D eigenvalue weighted by molar-refractivity contribution is 7.91. The molecule has 0 bridgehead atoms. The third-order valence-electron chi connectivity index (χ3n) is 3.80. The average Bonchev–Trinajstić information content (AvgIpc) is 2.92. The Kier molecular flexibility index (Phi) is 5.11. The van der Waals surface area contributed by atoms with E-state index in [4.69, 9.17) is 16.3 Å². The number of nitrogens with one attached hydrogen (secondary N) is 2. The van der Waals surface area contributed by atoms with Crippen molar-refractivity contribution in [3.8, 4) is 0 Å². The molecule has 1 saturated heterocycles. The molecule has 1 aliphatic heterocycles. The van der Waals surface area contributed by atoms with Crippen molar-refractivity contribution in [1.82, 2.24) is 4.72 Å². The molecule has 2 aromatic rings. The number of halogens is 2. The van der Waals surface area contributed by atoms with Crippen LogP contribution in [0.4, 0.5) is 10.1 Å². The van der Waals surface area contributed by atoms with Crippen molar-refractivity contribution < 1.29 is 22.3 Å². The molecule has 10 heteroatoms. The number of anilines is 1. The third-order valence-corrected chi connectivity index (χ3v) is 7.26. The second-order valence-corrected chi connectivity index (χ2v) is 9.85. The van der Waals surface area contributed by atoms with Crippen LogP contribution in [0.3, 0.4) is 0 Å². The number of carbonyl (C=O) groups is 1. The summed E-state index contributed by atoms with van der Waals surface area (Å²) in [6.45, 7) is 4.01. The van der Waals surface area contributed by atoms with Gasteiger partial charge in [0.2, 0.25) is 0 Å². The lowest BCUT2D eigenvalue weighted by Crippen LogP contribution is -2.59. The molecule has 0 aliphatic carbocycles. The Balaban J connectivity index is 1.80. The van der Waals surface area contributed by atoms with E-state index < -0.39 is 27.3 Å². The van der Waals surface area contributed by atoms with E-state index in [-0.39, 0.29) is 14.8 Å². The van der Waals surface area contributed by atoms with Gasteiger partial charge in [0, 0.05) is 10.6 Å². The third kappa shape index (κ3) is 3.91. The van der Waals surface area contributed by atoms with Gasteiger partial charge in [0.05, 0.1) is 29.3 Å². The Morgan fingerprint density at radius 3 is 2.62 bits per heavy atom. The van der Waals surface area contributed by atoms with Crippen molar-refractivity contribution in [1.29, 1.82) is 0 Å². The van der Waals surface area contributed by atoms with Gasteiger partial charge in [0.1, 0.15) is 10.0 Å². The van der Waals surface area contributed by atoms with Crippen molar-refractivity contribution in [2.45, 2.75) is 23.6 Å². The van der Waals surface area contributed by atoms with Gasteiger partial charge in [-0.05, 0) is 38.1 Å². The molecule has 0 radical (unpaired) electrons. The van der Waals surface area contributed by atoms with E-state index in [2.05, 4.69) is 10.0 Å². The van der Waals surface area contributed by atoms with Crippen LogP contribution in [0.1, 0.15) is 22.2 Å². The molecule has 1 aliphatic rings. The number of thiophene rings is 1. The predicted molar refractivity (Wildman–Crippen MR) is 98.0 cm³/mol. The average molecular weight is 419 g/mol. The minimum Gasteiger partial charge on any atom is -0.377 e. The summed E-state index contributed by atoms with van der Waals surface area (Å²) in [5.41, 5.74) is -0.0937. The monoisotopic (exact) mass is 418 g/mol. The Morgan fingerprint density at radius 1 is 1.35 bits per heavy atom. The Bertz CT molecular complexity index is 971. The lowest BCUT2D eigenvalue weighted by molar-refractivity contribution is -0.0523. The zero-order valence-electron chi connectivity index (χ0n) is 13.9. The van der Waals surface area contributed by atoms with Crippen molar-refractivity contribution in [3.63, 3.8) is 0 Å². The molecule has 26 heavy (non-hydrogen) atoms.